The number of fused-ring (bicyclic) bond motifs is 1. The fraction of sp³-hybridized carbons (Fsp3) is 0.348. The molecule has 2 aromatic carbocycles. The molecule has 4 rings (SSSR count). The van der Waals surface area contributed by atoms with E-state index in [9.17, 15) is 14.4 Å². The molecule has 0 bridgehead atoms. The zero-order valence-corrected chi connectivity index (χ0v) is 17.8. The second kappa shape index (κ2) is 7.94. The third-order valence-electron chi connectivity index (χ3n) is 5.60. The second-order valence-electron chi connectivity index (χ2n) is 8.25. The van der Waals surface area contributed by atoms with E-state index in [-0.39, 0.29) is 25.7 Å². The smallest absolute Gasteiger partial charge is 0.325 e. The van der Waals surface area contributed by atoms with Crippen molar-refractivity contribution < 1.29 is 23.9 Å². The molecule has 4 amide bonds. The number of carbonyl (C=O) groups excluding carboxylic acids is 3. The topological polar surface area (TPSA) is 88.2 Å². The first kappa shape index (κ1) is 20.7. The Bertz CT molecular complexity index is 1040. The summed E-state index contributed by atoms with van der Waals surface area (Å²) in [5.41, 5.74) is 1.80. The molecule has 162 valence electrons. The highest BCUT2D eigenvalue weighted by molar-refractivity contribution is 6.08. The second-order valence-corrected chi connectivity index (χ2v) is 8.25. The van der Waals surface area contributed by atoms with Gasteiger partial charge in [0.25, 0.3) is 5.91 Å². The molecule has 1 fully saturated rings. The zero-order chi connectivity index (χ0) is 22.2. The van der Waals surface area contributed by atoms with Crippen LogP contribution in [0.1, 0.15) is 23.6 Å². The van der Waals surface area contributed by atoms with Crippen molar-refractivity contribution in [1.82, 2.24) is 15.1 Å². The van der Waals surface area contributed by atoms with Gasteiger partial charge in [0.2, 0.25) is 12.7 Å². The highest BCUT2D eigenvalue weighted by Gasteiger charge is 2.48. The number of nitrogens with zero attached hydrogens (tertiary/aromatic N) is 2. The monoisotopic (exact) mass is 423 g/mol. The quantitative estimate of drug-likeness (QED) is 0.720. The van der Waals surface area contributed by atoms with E-state index in [0.29, 0.717) is 18.0 Å². The third kappa shape index (κ3) is 4.19. The molecule has 0 spiro atoms. The molecule has 31 heavy (non-hydrogen) atoms. The summed E-state index contributed by atoms with van der Waals surface area (Å²) >= 11 is 0. The van der Waals surface area contributed by atoms with E-state index in [1.54, 1.807) is 26.1 Å². The minimum absolute atomic E-state index is 0.164. The first-order chi connectivity index (χ1) is 14.7. The molecule has 0 aliphatic carbocycles. The lowest BCUT2D eigenvalue weighted by Crippen LogP contribution is -2.47. The maximum Gasteiger partial charge on any atom is 0.325 e. The Hall–Kier alpha value is -3.55. The van der Waals surface area contributed by atoms with Gasteiger partial charge >= 0.3 is 6.03 Å². The number of carbonyl (C=O) groups is 3. The lowest BCUT2D eigenvalue weighted by atomic mass is 9.92. The van der Waals surface area contributed by atoms with Crippen molar-refractivity contribution in [3.05, 3.63) is 59.2 Å². The van der Waals surface area contributed by atoms with E-state index in [1.807, 2.05) is 37.3 Å². The number of amides is 4. The maximum atomic E-state index is 13.0. The highest BCUT2D eigenvalue weighted by Crippen LogP contribution is 2.34. The van der Waals surface area contributed by atoms with Crippen LogP contribution < -0.4 is 14.8 Å². The maximum absolute atomic E-state index is 13.0. The van der Waals surface area contributed by atoms with Gasteiger partial charge in [0.05, 0.1) is 0 Å². The molecule has 2 aliphatic rings. The Morgan fingerprint density at radius 3 is 2.52 bits per heavy atom. The van der Waals surface area contributed by atoms with Gasteiger partial charge in [0.15, 0.2) is 11.5 Å². The summed E-state index contributed by atoms with van der Waals surface area (Å²) < 4.78 is 10.7. The van der Waals surface area contributed by atoms with Crippen LogP contribution in [0, 0.1) is 6.92 Å². The number of imide groups is 1. The van der Waals surface area contributed by atoms with E-state index in [1.165, 1.54) is 4.90 Å². The Morgan fingerprint density at radius 1 is 1.10 bits per heavy atom. The lowest BCUT2D eigenvalue weighted by Gasteiger charge is -2.23. The van der Waals surface area contributed by atoms with Gasteiger partial charge < -0.3 is 19.7 Å². The first-order valence-corrected chi connectivity index (χ1v) is 10.1. The normalized spacial score (nSPS) is 19.5. The Balaban J connectivity index is 1.41. The molecule has 0 radical (unpaired) electrons. The van der Waals surface area contributed by atoms with Crippen molar-refractivity contribution in [2.75, 3.05) is 20.4 Å². The van der Waals surface area contributed by atoms with E-state index in [2.05, 4.69) is 5.32 Å². The van der Waals surface area contributed by atoms with Crippen molar-refractivity contribution in [1.29, 1.82) is 0 Å². The van der Waals surface area contributed by atoms with Gasteiger partial charge in [-0.25, -0.2) is 4.79 Å². The molecule has 1 atom stereocenters. The molecule has 8 nitrogen and oxygen atoms in total. The molecule has 2 aliphatic heterocycles. The number of nitrogens with one attached hydrogen (secondary N) is 1. The van der Waals surface area contributed by atoms with Crippen LogP contribution in [0.15, 0.2) is 42.5 Å². The lowest BCUT2D eigenvalue weighted by molar-refractivity contribution is -0.138. The van der Waals surface area contributed by atoms with Crippen LogP contribution in [0.3, 0.4) is 0 Å². The minimum atomic E-state index is -1.14. The first-order valence-electron chi connectivity index (χ1n) is 10.1. The van der Waals surface area contributed by atoms with Gasteiger partial charge in [0, 0.05) is 20.0 Å². The molecule has 0 saturated carbocycles. The van der Waals surface area contributed by atoms with E-state index < -0.39 is 17.5 Å². The van der Waals surface area contributed by atoms with Crippen molar-refractivity contribution >= 4 is 17.8 Å². The molecular formula is C23H25N3O5. The molecule has 0 aromatic heterocycles. The summed E-state index contributed by atoms with van der Waals surface area (Å²) in [5.74, 6) is 0.533. The van der Waals surface area contributed by atoms with Gasteiger partial charge in [-0.15, -0.1) is 0 Å². The van der Waals surface area contributed by atoms with Crippen LogP contribution >= 0.6 is 0 Å². The van der Waals surface area contributed by atoms with Gasteiger partial charge in [-0.05, 0) is 37.1 Å². The number of hydrogen-bond acceptors (Lipinski definition) is 5. The van der Waals surface area contributed by atoms with Gasteiger partial charge in [-0.2, -0.15) is 0 Å². The molecule has 0 unspecified atom stereocenters. The molecule has 2 aromatic rings. The summed E-state index contributed by atoms with van der Waals surface area (Å²) in [6.45, 7) is 3.92. The van der Waals surface area contributed by atoms with Gasteiger partial charge in [-0.3, -0.25) is 14.5 Å². The summed E-state index contributed by atoms with van der Waals surface area (Å²) in [6, 6.07) is 12.7. The Kier molecular flexibility index (Phi) is 5.31. The fourth-order valence-corrected chi connectivity index (χ4v) is 3.78. The molecule has 2 heterocycles. The van der Waals surface area contributed by atoms with Crippen LogP contribution in [0.25, 0.3) is 0 Å². The number of ether oxygens (including phenoxy) is 2. The standard InChI is InChI=1S/C23H25N3O5/c1-15-4-6-16(7-5-15)12-25(3)20(27)13-26-21(28)23(2,24-22(26)29)11-17-8-9-18-19(10-17)31-14-30-18/h4-10H,11-14H2,1-3H3,(H,24,29)/t23-/m0/s1. The average Bonchev–Trinajstić information content (AvgIpc) is 3.27. The number of rotatable bonds is 6. The van der Waals surface area contributed by atoms with Crippen molar-refractivity contribution in [3.63, 3.8) is 0 Å². The van der Waals surface area contributed by atoms with Crippen LogP contribution in [0.2, 0.25) is 0 Å². The van der Waals surface area contributed by atoms with Gasteiger partial charge in [-0.1, -0.05) is 35.9 Å². The predicted molar refractivity (Wildman–Crippen MR) is 113 cm³/mol. The summed E-state index contributed by atoms with van der Waals surface area (Å²) in [6.07, 6.45) is 0.276. The molecular weight excluding hydrogens is 398 g/mol. The molecule has 1 N–H and O–H groups in total. The summed E-state index contributed by atoms with van der Waals surface area (Å²) in [5, 5.41) is 2.74. The van der Waals surface area contributed by atoms with Crippen LogP contribution in [0.5, 0.6) is 11.5 Å². The SMILES string of the molecule is Cc1ccc(CN(C)C(=O)CN2C(=O)N[C@@](C)(Cc3ccc4c(c3)OCO4)C2=O)cc1. The average molecular weight is 423 g/mol. The number of benzene rings is 2. The number of hydrogen-bond donors (Lipinski definition) is 1. The van der Waals surface area contributed by atoms with E-state index in [0.717, 1.165) is 21.6 Å². The zero-order valence-electron chi connectivity index (χ0n) is 17.8. The van der Waals surface area contributed by atoms with Crippen molar-refractivity contribution in [3.8, 4) is 11.5 Å². The van der Waals surface area contributed by atoms with E-state index in [4.69, 9.17) is 9.47 Å². The fourth-order valence-electron chi connectivity index (χ4n) is 3.78. The highest BCUT2D eigenvalue weighted by atomic mass is 16.7. The molecule has 1 saturated heterocycles. The van der Waals surface area contributed by atoms with Crippen molar-refractivity contribution in [2.24, 2.45) is 0 Å². The summed E-state index contributed by atoms with van der Waals surface area (Å²) in [7, 11) is 1.66. The Labute approximate surface area is 180 Å². The number of aryl methyl sites for hydroxylation is 1. The predicted octanol–water partition coefficient (Wildman–Crippen LogP) is 2.24. The van der Waals surface area contributed by atoms with Crippen molar-refractivity contribution in [2.45, 2.75) is 32.4 Å². The largest absolute Gasteiger partial charge is 0.454 e. The number of urea groups is 1. The third-order valence-corrected chi connectivity index (χ3v) is 5.60. The van der Waals surface area contributed by atoms with E-state index >= 15 is 0 Å². The van der Waals surface area contributed by atoms with Gasteiger partial charge in [0.1, 0.15) is 12.1 Å². The minimum Gasteiger partial charge on any atom is -0.454 e. The van der Waals surface area contributed by atoms with Crippen LogP contribution in [-0.4, -0.2) is 53.6 Å². The summed E-state index contributed by atoms with van der Waals surface area (Å²) in [4.78, 5) is 40.7. The van der Waals surface area contributed by atoms with Crippen LogP contribution in [-0.2, 0) is 22.6 Å². The Morgan fingerprint density at radius 2 is 1.77 bits per heavy atom. The van der Waals surface area contributed by atoms with Crippen LogP contribution in [0.4, 0.5) is 4.79 Å². The number of likely N-dealkylation sites (N-methyl/N-ethyl adjacent to an activating group) is 1. The molecule has 8 heteroatoms.